The predicted octanol–water partition coefficient (Wildman–Crippen LogP) is 1.48. The summed E-state index contributed by atoms with van der Waals surface area (Å²) in [5.41, 5.74) is 0. The van der Waals surface area contributed by atoms with Crippen molar-refractivity contribution in [2.24, 2.45) is 11.8 Å². The Morgan fingerprint density at radius 2 is 2.27 bits per heavy atom. The smallest absolute Gasteiger partial charge is 0.237 e. The van der Waals surface area contributed by atoms with Gasteiger partial charge < -0.3 is 10.0 Å². The Bertz CT molecular complexity index is 221. The first-order chi connectivity index (χ1) is 7.04. The Morgan fingerprint density at radius 1 is 1.60 bits per heavy atom. The van der Waals surface area contributed by atoms with Gasteiger partial charge in [-0.25, -0.2) is 0 Å². The van der Waals surface area contributed by atoms with Crippen LogP contribution in [0.25, 0.3) is 0 Å². The molecule has 1 aliphatic heterocycles. The molecule has 1 fully saturated rings. The third-order valence-corrected chi connectivity index (χ3v) is 3.16. The molecule has 2 atom stereocenters. The maximum absolute atomic E-state index is 11.4. The van der Waals surface area contributed by atoms with Crippen molar-refractivity contribution in [2.45, 2.75) is 32.8 Å². The van der Waals surface area contributed by atoms with Crippen LogP contribution in [0.5, 0.6) is 0 Å². The second-order valence-electron chi connectivity index (χ2n) is 4.72. The highest BCUT2D eigenvalue weighted by Gasteiger charge is 2.29. The summed E-state index contributed by atoms with van der Waals surface area (Å²) < 4.78 is 0. The van der Waals surface area contributed by atoms with Crippen LogP contribution < -0.4 is 0 Å². The normalized spacial score (nSPS) is 27.1. The molecule has 0 unspecified atom stereocenters. The first-order valence-corrected chi connectivity index (χ1v) is 6.09. The predicted molar refractivity (Wildman–Crippen MR) is 60.9 cm³/mol. The van der Waals surface area contributed by atoms with E-state index in [1.165, 1.54) is 0 Å². The Kier molecular flexibility index (Phi) is 4.87. The maximum Gasteiger partial charge on any atom is 0.237 e. The first-order valence-electron chi connectivity index (χ1n) is 5.56. The standard InChI is InChI=1S/C11H20ClNO2/c1-8(2)5-9-7-13(11(15)6-12)4-3-10(9)14/h8-10,14H,3-7H2,1-2H3/t9-,10-/m0/s1. The van der Waals surface area contributed by atoms with E-state index >= 15 is 0 Å². The minimum atomic E-state index is -0.258. The second kappa shape index (κ2) is 5.71. The van der Waals surface area contributed by atoms with Crippen molar-refractivity contribution in [2.75, 3.05) is 19.0 Å². The topological polar surface area (TPSA) is 40.5 Å². The molecule has 1 heterocycles. The molecule has 0 aromatic rings. The van der Waals surface area contributed by atoms with Crippen molar-refractivity contribution in [3.63, 3.8) is 0 Å². The SMILES string of the molecule is CC(C)C[C@H]1CN(C(=O)CCl)CC[C@@H]1O. The van der Waals surface area contributed by atoms with Crippen LogP contribution >= 0.6 is 11.6 Å². The molecule has 1 aliphatic rings. The lowest BCUT2D eigenvalue weighted by Crippen LogP contribution is -2.46. The van der Waals surface area contributed by atoms with E-state index in [0.29, 0.717) is 25.4 Å². The lowest BCUT2D eigenvalue weighted by atomic mass is 9.87. The molecule has 1 N–H and O–H groups in total. The van der Waals surface area contributed by atoms with Gasteiger partial charge in [0, 0.05) is 19.0 Å². The number of alkyl halides is 1. The number of amides is 1. The number of halogens is 1. The van der Waals surface area contributed by atoms with Crippen LogP contribution in [0.3, 0.4) is 0 Å². The van der Waals surface area contributed by atoms with E-state index in [-0.39, 0.29) is 23.8 Å². The zero-order valence-electron chi connectivity index (χ0n) is 9.45. The van der Waals surface area contributed by atoms with Crippen LogP contribution in [0.4, 0.5) is 0 Å². The van der Waals surface area contributed by atoms with Crippen molar-refractivity contribution in [1.82, 2.24) is 4.90 Å². The Labute approximate surface area is 96.4 Å². The summed E-state index contributed by atoms with van der Waals surface area (Å²) in [5.74, 6) is 0.795. The van der Waals surface area contributed by atoms with Crippen molar-refractivity contribution >= 4 is 17.5 Å². The fourth-order valence-corrected chi connectivity index (χ4v) is 2.34. The molecule has 88 valence electrons. The van der Waals surface area contributed by atoms with Crippen LogP contribution in [-0.4, -0.2) is 41.0 Å². The van der Waals surface area contributed by atoms with Crippen molar-refractivity contribution in [1.29, 1.82) is 0 Å². The largest absolute Gasteiger partial charge is 0.393 e. The van der Waals surface area contributed by atoms with Crippen molar-refractivity contribution in [3.8, 4) is 0 Å². The zero-order valence-corrected chi connectivity index (χ0v) is 10.2. The summed E-state index contributed by atoms with van der Waals surface area (Å²) >= 11 is 5.52. The Hall–Kier alpha value is -0.280. The molecule has 1 saturated heterocycles. The molecule has 0 saturated carbocycles. The van der Waals surface area contributed by atoms with E-state index in [2.05, 4.69) is 13.8 Å². The number of carbonyl (C=O) groups is 1. The fourth-order valence-electron chi connectivity index (χ4n) is 2.17. The van der Waals surface area contributed by atoms with E-state index in [0.717, 1.165) is 6.42 Å². The quantitative estimate of drug-likeness (QED) is 0.751. The average molecular weight is 234 g/mol. The van der Waals surface area contributed by atoms with Crippen LogP contribution in [0.2, 0.25) is 0 Å². The van der Waals surface area contributed by atoms with E-state index < -0.39 is 0 Å². The molecule has 15 heavy (non-hydrogen) atoms. The molecule has 0 aromatic heterocycles. The first kappa shape index (κ1) is 12.8. The molecule has 1 amide bonds. The van der Waals surface area contributed by atoms with Crippen LogP contribution in [0, 0.1) is 11.8 Å². The summed E-state index contributed by atoms with van der Waals surface area (Å²) in [6, 6.07) is 0. The summed E-state index contributed by atoms with van der Waals surface area (Å²) in [4.78, 5) is 13.2. The monoisotopic (exact) mass is 233 g/mol. The molecule has 0 spiro atoms. The second-order valence-corrected chi connectivity index (χ2v) is 4.99. The van der Waals surface area contributed by atoms with Gasteiger partial charge in [-0.3, -0.25) is 4.79 Å². The van der Waals surface area contributed by atoms with Gasteiger partial charge in [0.2, 0.25) is 5.91 Å². The van der Waals surface area contributed by atoms with Gasteiger partial charge in [0.05, 0.1) is 6.10 Å². The summed E-state index contributed by atoms with van der Waals surface area (Å²) in [5, 5.41) is 9.82. The van der Waals surface area contributed by atoms with Crippen molar-refractivity contribution in [3.05, 3.63) is 0 Å². The zero-order chi connectivity index (χ0) is 11.4. The number of hydrogen-bond acceptors (Lipinski definition) is 2. The third-order valence-electron chi connectivity index (χ3n) is 2.94. The van der Waals surface area contributed by atoms with E-state index in [1.807, 2.05) is 0 Å². The van der Waals surface area contributed by atoms with Crippen molar-refractivity contribution < 1.29 is 9.90 Å². The molecule has 0 aliphatic carbocycles. The van der Waals surface area contributed by atoms with Gasteiger partial charge >= 0.3 is 0 Å². The van der Waals surface area contributed by atoms with E-state index in [4.69, 9.17) is 11.6 Å². The molecule has 0 radical (unpaired) electrons. The lowest BCUT2D eigenvalue weighted by molar-refractivity contribution is -0.132. The number of rotatable bonds is 3. The lowest BCUT2D eigenvalue weighted by Gasteiger charge is -2.36. The van der Waals surface area contributed by atoms with E-state index in [1.54, 1.807) is 4.90 Å². The van der Waals surface area contributed by atoms with Gasteiger partial charge in [0.15, 0.2) is 0 Å². The molecular formula is C11H20ClNO2. The Morgan fingerprint density at radius 3 is 2.80 bits per heavy atom. The summed E-state index contributed by atoms with van der Waals surface area (Å²) in [6.07, 6.45) is 1.39. The molecular weight excluding hydrogens is 214 g/mol. The van der Waals surface area contributed by atoms with Gasteiger partial charge in [-0.15, -0.1) is 11.6 Å². The Balaban J connectivity index is 2.51. The fraction of sp³-hybridized carbons (Fsp3) is 0.909. The van der Waals surface area contributed by atoms with E-state index in [9.17, 15) is 9.90 Å². The van der Waals surface area contributed by atoms with Crippen LogP contribution in [-0.2, 0) is 4.79 Å². The summed E-state index contributed by atoms with van der Waals surface area (Å²) in [6.45, 7) is 5.57. The number of aliphatic hydroxyl groups is 1. The summed E-state index contributed by atoms with van der Waals surface area (Å²) in [7, 11) is 0. The van der Waals surface area contributed by atoms with Gasteiger partial charge in [-0.05, 0) is 18.8 Å². The molecule has 1 rings (SSSR count). The molecule has 0 aromatic carbocycles. The van der Waals surface area contributed by atoms with Gasteiger partial charge in [-0.2, -0.15) is 0 Å². The van der Waals surface area contributed by atoms with Crippen LogP contribution in [0.1, 0.15) is 26.7 Å². The van der Waals surface area contributed by atoms with Gasteiger partial charge in [0.25, 0.3) is 0 Å². The molecule has 3 nitrogen and oxygen atoms in total. The highest BCUT2D eigenvalue weighted by Crippen LogP contribution is 2.23. The van der Waals surface area contributed by atoms with Gasteiger partial charge in [-0.1, -0.05) is 13.8 Å². The molecule has 0 bridgehead atoms. The number of hydrogen-bond donors (Lipinski definition) is 1. The number of likely N-dealkylation sites (tertiary alicyclic amines) is 1. The number of piperidine rings is 1. The minimum absolute atomic E-state index is 0.0164. The molecule has 4 heteroatoms. The third kappa shape index (κ3) is 3.65. The van der Waals surface area contributed by atoms with Crippen LogP contribution in [0.15, 0.2) is 0 Å². The number of aliphatic hydroxyl groups excluding tert-OH is 1. The maximum atomic E-state index is 11.4. The van der Waals surface area contributed by atoms with Gasteiger partial charge in [0.1, 0.15) is 5.88 Å². The number of carbonyl (C=O) groups excluding carboxylic acids is 1. The minimum Gasteiger partial charge on any atom is -0.393 e. The average Bonchev–Trinajstić information content (AvgIpc) is 2.19. The highest BCUT2D eigenvalue weighted by atomic mass is 35.5. The highest BCUT2D eigenvalue weighted by molar-refractivity contribution is 6.27. The number of nitrogens with zero attached hydrogens (tertiary/aromatic N) is 1.